The summed E-state index contributed by atoms with van der Waals surface area (Å²) >= 11 is 0. The highest BCUT2D eigenvalue weighted by atomic mass is 16.4. The third-order valence-electron chi connectivity index (χ3n) is 6.15. The Morgan fingerprint density at radius 2 is 1.50 bits per heavy atom. The Bertz CT molecular complexity index is 1370. The topological polar surface area (TPSA) is 224 Å². The summed E-state index contributed by atoms with van der Waals surface area (Å²) in [6.45, 7) is -0.728. The fourth-order valence-electron chi connectivity index (χ4n) is 4.08. The van der Waals surface area contributed by atoms with Gasteiger partial charge in [0, 0.05) is 29.9 Å². The number of H-pyrrole nitrogens is 1. The Morgan fingerprint density at radius 1 is 0.825 bits per heavy atom. The summed E-state index contributed by atoms with van der Waals surface area (Å²) < 4.78 is 0. The quantitative estimate of drug-likeness (QED) is 0.134. The smallest absolute Gasteiger partial charge is 0.322 e. The van der Waals surface area contributed by atoms with Crippen LogP contribution in [0.5, 0.6) is 5.75 Å². The number of nitrogens with one attached hydrogen (secondary N) is 4. The lowest BCUT2D eigenvalue weighted by atomic mass is 10.0. The van der Waals surface area contributed by atoms with Crippen molar-refractivity contribution >= 4 is 40.6 Å². The fraction of sp³-hybridized carbons (Fsp3) is 0.296. The maximum atomic E-state index is 13.3. The normalized spacial score (nSPS) is 13.1. The van der Waals surface area contributed by atoms with Crippen molar-refractivity contribution in [2.24, 2.45) is 5.73 Å². The molecular weight excluding hydrogens is 522 g/mol. The van der Waals surface area contributed by atoms with E-state index in [1.165, 1.54) is 12.1 Å². The molecule has 40 heavy (non-hydrogen) atoms. The zero-order chi connectivity index (χ0) is 29.2. The number of hydrogen-bond donors (Lipinski definition) is 8. The minimum atomic E-state index is -1.37. The first-order valence-corrected chi connectivity index (χ1v) is 12.4. The molecule has 0 bridgehead atoms. The Labute approximate surface area is 228 Å². The molecule has 3 aromatic rings. The Morgan fingerprint density at radius 3 is 2.17 bits per heavy atom. The molecule has 0 aliphatic rings. The number of rotatable bonds is 14. The van der Waals surface area contributed by atoms with Gasteiger partial charge in [-0.2, -0.15) is 0 Å². The van der Waals surface area contributed by atoms with Crippen LogP contribution in [-0.2, 0) is 36.8 Å². The van der Waals surface area contributed by atoms with Gasteiger partial charge in [-0.15, -0.1) is 0 Å². The van der Waals surface area contributed by atoms with Crippen LogP contribution < -0.4 is 21.7 Å². The van der Waals surface area contributed by atoms with E-state index in [0.29, 0.717) is 5.56 Å². The lowest BCUT2D eigenvalue weighted by Crippen LogP contribution is -2.57. The molecular formula is C27H31N5O8. The number of hydrogen-bond acceptors (Lipinski definition) is 7. The van der Waals surface area contributed by atoms with Crippen molar-refractivity contribution in [3.63, 3.8) is 0 Å². The number of carbonyl (C=O) groups excluding carboxylic acids is 3. The van der Waals surface area contributed by atoms with Crippen LogP contribution >= 0.6 is 0 Å². The van der Waals surface area contributed by atoms with E-state index in [0.717, 1.165) is 16.5 Å². The fourth-order valence-corrected chi connectivity index (χ4v) is 4.08. The molecule has 0 aliphatic heterocycles. The molecule has 9 N–H and O–H groups in total. The van der Waals surface area contributed by atoms with E-state index >= 15 is 0 Å². The van der Waals surface area contributed by atoms with E-state index in [2.05, 4.69) is 20.9 Å². The molecule has 0 saturated carbocycles. The second-order valence-electron chi connectivity index (χ2n) is 9.21. The van der Waals surface area contributed by atoms with Crippen molar-refractivity contribution in [2.75, 3.05) is 6.54 Å². The molecule has 212 valence electrons. The molecule has 1 aromatic heterocycles. The maximum absolute atomic E-state index is 13.3. The van der Waals surface area contributed by atoms with Gasteiger partial charge in [-0.25, -0.2) is 0 Å². The number of benzene rings is 2. The monoisotopic (exact) mass is 553 g/mol. The first-order valence-electron chi connectivity index (χ1n) is 12.4. The number of fused-ring (bicyclic) bond motifs is 1. The summed E-state index contributed by atoms with van der Waals surface area (Å²) in [5.41, 5.74) is 8.44. The van der Waals surface area contributed by atoms with Crippen molar-refractivity contribution < 1.29 is 39.3 Å². The number of aromatic nitrogens is 1. The highest BCUT2D eigenvalue weighted by Gasteiger charge is 2.29. The molecule has 3 unspecified atom stereocenters. The van der Waals surface area contributed by atoms with Crippen LogP contribution in [0.2, 0.25) is 0 Å². The van der Waals surface area contributed by atoms with Crippen molar-refractivity contribution in [1.29, 1.82) is 0 Å². The number of aromatic hydroxyl groups is 1. The molecule has 0 fully saturated rings. The number of amides is 3. The second kappa shape index (κ2) is 13.8. The van der Waals surface area contributed by atoms with Crippen LogP contribution in [0.1, 0.15) is 24.0 Å². The van der Waals surface area contributed by atoms with Gasteiger partial charge >= 0.3 is 11.9 Å². The summed E-state index contributed by atoms with van der Waals surface area (Å²) in [7, 11) is 0. The standard InChI is InChI=1S/C27H31N5O8/c28-19(12-16-13-29-20-4-2-1-3-18(16)20)25(38)32-22(11-15-5-7-17(33)8-6-15)27(40)31-21(9-10-23(34)35)26(39)30-14-24(36)37/h1-8,13,19,21-22,29,33H,9-12,14,28H2,(H,30,39)(H,31,40)(H,32,38)(H,34,35)(H,36,37). The molecule has 0 saturated heterocycles. The van der Waals surface area contributed by atoms with E-state index in [4.69, 9.17) is 15.9 Å². The van der Waals surface area contributed by atoms with Crippen molar-refractivity contribution in [2.45, 2.75) is 43.8 Å². The molecule has 0 spiro atoms. The lowest BCUT2D eigenvalue weighted by Gasteiger charge is -2.24. The van der Waals surface area contributed by atoms with E-state index in [1.54, 1.807) is 18.3 Å². The molecule has 2 aromatic carbocycles. The third-order valence-corrected chi connectivity index (χ3v) is 6.15. The van der Waals surface area contributed by atoms with Gasteiger partial charge in [-0.3, -0.25) is 24.0 Å². The summed E-state index contributed by atoms with van der Waals surface area (Å²) in [5, 5.41) is 35.5. The van der Waals surface area contributed by atoms with Crippen LogP contribution in [0.25, 0.3) is 10.9 Å². The summed E-state index contributed by atoms with van der Waals surface area (Å²) in [6.07, 6.45) is 1.09. The summed E-state index contributed by atoms with van der Waals surface area (Å²) in [6, 6.07) is 9.78. The van der Waals surface area contributed by atoms with Gasteiger partial charge in [-0.05, 0) is 42.2 Å². The van der Waals surface area contributed by atoms with E-state index in [9.17, 15) is 29.1 Å². The Kier molecular flexibility index (Phi) is 10.2. The van der Waals surface area contributed by atoms with Gasteiger partial charge in [0.05, 0.1) is 6.04 Å². The van der Waals surface area contributed by atoms with Crippen LogP contribution in [0.15, 0.2) is 54.7 Å². The van der Waals surface area contributed by atoms with E-state index in [1.807, 2.05) is 24.3 Å². The average molecular weight is 554 g/mol. The predicted molar refractivity (Wildman–Crippen MR) is 143 cm³/mol. The molecule has 3 atom stereocenters. The molecule has 13 nitrogen and oxygen atoms in total. The van der Waals surface area contributed by atoms with Gasteiger partial charge in [0.25, 0.3) is 0 Å². The van der Waals surface area contributed by atoms with Crippen LogP contribution in [0.3, 0.4) is 0 Å². The Balaban J connectivity index is 1.77. The van der Waals surface area contributed by atoms with Gasteiger partial charge in [0.2, 0.25) is 17.7 Å². The molecule has 3 rings (SSSR count). The number of carboxylic acid groups (broad SMARTS) is 2. The first-order chi connectivity index (χ1) is 19.0. The first kappa shape index (κ1) is 29.6. The highest BCUT2D eigenvalue weighted by Crippen LogP contribution is 2.19. The number of carbonyl (C=O) groups is 5. The summed E-state index contributed by atoms with van der Waals surface area (Å²) in [4.78, 5) is 63.9. The zero-order valence-electron chi connectivity index (χ0n) is 21.4. The van der Waals surface area contributed by atoms with Crippen molar-refractivity contribution in [1.82, 2.24) is 20.9 Å². The average Bonchev–Trinajstić information content (AvgIpc) is 3.32. The summed E-state index contributed by atoms with van der Waals surface area (Å²) in [5.74, 6) is -4.87. The number of phenolic OH excluding ortho intramolecular Hbond substituents is 1. The molecule has 3 amide bonds. The Hall–Kier alpha value is -4.91. The van der Waals surface area contributed by atoms with E-state index in [-0.39, 0.29) is 25.0 Å². The van der Waals surface area contributed by atoms with Crippen LogP contribution in [0.4, 0.5) is 0 Å². The number of phenols is 1. The molecule has 13 heteroatoms. The molecule has 1 heterocycles. The van der Waals surface area contributed by atoms with Crippen LogP contribution in [-0.4, -0.2) is 74.6 Å². The van der Waals surface area contributed by atoms with Gasteiger partial charge in [0.15, 0.2) is 0 Å². The minimum absolute atomic E-state index is 0.00150. The largest absolute Gasteiger partial charge is 0.508 e. The van der Waals surface area contributed by atoms with Crippen molar-refractivity contribution in [3.05, 3.63) is 65.9 Å². The maximum Gasteiger partial charge on any atom is 0.322 e. The lowest BCUT2D eigenvalue weighted by molar-refractivity contribution is -0.140. The minimum Gasteiger partial charge on any atom is -0.508 e. The number of carboxylic acids is 2. The SMILES string of the molecule is NC(Cc1c[nH]c2ccccc12)C(=O)NC(Cc1ccc(O)cc1)C(=O)NC(CCC(=O)O)C(=O)NCC(=O)O. The van der Waals surface area contributed by atoms with Crippen molar-refractivity contribution in [3.8, 4) is 5.75 Å². The van der Waals surface area contributed by atoms with Gasteiger partial charge < -0.3 is 42.0 Å². The number of aromatic amines is 1. The highest BCUT2D eigenvalue weighted by molar-refractivity contribution is 5.94. The second-order valence-corrected chi connectivity index (χ2v) is 9.21. The third kappa shape index (κ3) is 8.56. The molecule has 0 aliphatic carbocycles. The number of aliphatic carboxylic acids is 2. The van der Waals surface area contributed by atoms with E-state index < -0.39 is 60.8 Å². The molecule has 0 radical (unpaired) electrons. The number of nitrogens with two attached hydrogens (primary N) is 1. The van der Waals surface area contributed by atoms with Gasteiger partial charge in [0.1, 0.15) is 24.4 Å². The zero-order valence-corrected chi connectivity index (χ0v) is 21.4. The van der Waals surface area contributed by atoms with Crippen LogP contribution in [0, 0.1) is 0 Å². The number of para-hydroxylation sites is 1. The predicted octanol–water partition coefficient (Wildman–Crippen LogP) is 0.0212. The van der Waals surface area contributed by atoms with Gasteiger partial charge in [-0.1, -0.05) is 30.3 Å².